The molecule has 0 N–H and O–H groups in total. The van der Waals surface area contributed by atoms with E-state index in [9.17, 15) is 17.2 Å². The Morgan fingerprint density at radius 2 is 1.83 bits per heavy atom. The second kappa shape index (κ2) is 11.1. The van der Waals surface area contributed by atoms with Gasteiger partial charge in [0, 0.05) is 35.6 Å². The summed E-state index contributed by atoms with van der Waals surface area (Å²) in [7, 11) is -4.33. The number of hydrogen-bond donors (Lipinski definition) is 0. The van der Waals surface area contributed by atoms with Crippen LogP contribution in [0.15, 0.2) is 90.3 Å². The van der Waals surface area contributed by atoms with Gasteiger partial charge in [0.1, 0.15) is 17.4 Å². The van der Waals surface area contributed by atoms with Crippen LogP contribution in [-0.4, -0.2) is 24.6 Å². The van der Waals surface area contributed by atoms with Crippen LogP contribution in [0.1, 0.15) is 24.9 Å². The fraction of sp³-hybridized carbons (Fsp3) is 0.192. The molecule has 1 aromatic heterocycles. The molecule has 1 heterocycles. The van der Waals surface area contributed by atoms with E-state index >= 15 is 0 Å². The molecule has 0 radical (unpaired) electrons. The maximum absolute atomic E-state index is 15.0. The van der Waals surface area contributed by atoms with Crippen LogP contribution in [0.5, 0.6) is 5.75 Å². The molecule has 36 heavy (non-hydrogen) atoms. The SMILES string of the molecule is CC(c1ccccc1OCCCn1ccnc1)N(c1cc(F)ccc1F)S(=O)(=O)c1ccc(Cl)cc1. The second-order valence-corrected chi connectivity index (χ2v) is 10.3. The van der Waals surface area contributed by atoms with Gasteiger partial charge in [0.2, 0.25) is 0 Å². The fourth-order valence-electron chi connectivity index (χ4n) is 3.85. The van der Waals surface area contributed by atoms with Crippen molar-refractivity contribution in [3.8, 4) is 5.75 Å². The molecule has 0 amide bonds. The van der Waals surface area contributed by atoms with Crippen LogP contribution in [0, 0.1) is 11.6 Å². The number of benzene rings is 3. The highest BCUT2D eigenvalue weighted by Gasteiger charge is 2.34. The van der Waals surface area contributed by atoms with E-state index in [4.69, 9.17) is 16.3 Å². The second-order valence-electron chi connectivity index (χ2n) is 8.07. The predicted molar refractivity (Wildman–Crippen MR) is 135 cm³/mol. The van der Waals surface area contributed by atoms with E-state index in [1.54, 1.807) is 43.7 Å². The van der Waals surface area contributed by atoms with E-state index in [2.05, 4.69) is 4.98 Å². The maximum Gasteiger partial charge on any atom is 0.264 e. The normalized spacial score (nSPS) is 12.3. The first kappa shape index (κ1) is 25.7. The van der Waals surface area contributed by atoms with Gasteiger partial charge in [-0.2, -0.15) is 0 Å². The van der Waals surface area contributed by atoms with Gasteiger partial charge in [-0.3, -0.25) is 4.31 Å². The number of anilines is 1. The number of hydrogen-bond acceptors (Lipinski definition) is 4. The zero-order valence-corrected chi connectivity index (χ0v) is 21.0. The van der Waals surface area contributed by atoms with Crippen molar-refractivity contribution in [1.29, 1.82) is 0 Å². The van der Waals surface area contributed by atoms with Crippen molar-refractivity contribution in [2.24, 2.45) is 0 Å². The molecule has 0 aliphatic carbocycles. The summed E-state index contributed by atoms with van der Waals surface area (Å²) in [6, 6.07) is 14.2. The number of rotatable bonds is 10. The van der Waals surface area contributed by atoms with E-state index in [1.165, 1.54) is 24.3 Å². The highest BCUT2D eigenvalue weighted by molar-refractivity contribution is 7.92. The van der Waals surface area contributed by atoms with Crippen LogP contribution in [0.4, 0.5) is 14.5 Å². The topological polar surface area (TPSA) is 64.4 Å². The molecule has 188 valence electrons. The van der Waals surface area contributed by atoms with E-state index < -0.39 is 33.4 Å². The lowest BCUT2D eigenvalue weighted by Gasteiger charge is -2.32. The summed E-state index contributed by atoms with van der Waals surface area (Å²) >= 11 is 5.94. The van der Waals surface area contributed by atoms with Crippen LogP contribution in [-0.2, 0) is 16.6 Å². The lowest BCUT2D eigenvalue weighted by Crippen LogP contribution is -2.34. The van der Waals surface area contributed by atoms with Gasteiger partial charge in [-0.1, -0.05) is 29.8 Å². The minimum Gasteiger partial charge on any atom is -0.493 e. The molecular weight excluding hydrogens is 508 g/mol. The summed E-state index contributed by atoms with van der Waals surface area (Å²) in [6.07, 6.45) is 5.94. The van der Waals surface area contributed by atoms with Crippen molar-refractivity contribution in [2.45, 2.75) is 30.8 Å². The smallest absolute Gasteiger partial charge is 0.264 e. The van der Waals surface area contributed by atoms with Gasteiger partial charge < -0.3 is 9.30 Å². The quantitative estimate of drug-likeness (QED) is 0.227. The van der Waals surface area contributed by atoms with Gasteiger partial charge in [-0.05, 0) is 55.8 Å². The van der Waals surface area contributed by atoms with Crippen LogP contribution in [0.3, 0.4) is 0 Å². The molecule has 1 unspecified atom stereocenters. The molecule has 0 aliphatic heterocycles. The van der Waals surface area contributed by atoms with Crippen molar-refractivity contribution in [3.63, 3.8) is 0 Å². The Balaban J connectivity index is 1.70. The molecule has 0 saturated carbocycles. The molecular formula is C26H24ClF2N3O3S. The number of imidazole rings is 1. The van der Waals surface area contributed by atoms with E-state index in [0.29, 0.717) is 35.9 Å². The molecule has 4 aromatic rings. The zero-order valence-electron chi connectivity index (χ0n) is 19.4. The number of ether oxygens (including phenoxy) is 1. The number of nitrogens with zero attached hydrogens (tertiary/aromatic N) is 3. The van der Waals surface area contributed by atoms with Crippen molar-refractivity contribution in [2.75, 3.05) is 10.9 Å². The third kappa shape index (κ3) is 5.68. The minimum absolute atomic E-state index is 0.110. The van der Waals surface area contributed by atoms with Crippen LogP contribution in [0.2, 0.25) is 5.02 Å². The number of aryl methyl sites for hydroxylation is 1. The lowest BCUT2D eigenvalue weighted by atomic mass is 10.1. The van der Waals surface area contributed by atoms with Crippen molar-refractivity contribution < 1.29 is 21.9 Å². The molecule has 1 atom stereocenters. The Labute approximate surface area is 213 Å². The number of para-hydroxylation sites is 1. The van der Waals surface area contributed by atoms with E-state index in [0.717, 1.165) is 22.5 Å². The van der Waals surface area contributed by atoms with E-state index in [-0.39, 0.29) is 4.90 Å². The molecule has 0 spiro atoms. The van der Waals surface area contributed by atoms with Crippen molar-refractivity contribution in [3.05, 3.63) is 108 Å². The third-order valence-electron chi connectivity index (χ3n) is 5.61. The third-order valence-corrected chi connectivity index (χ3v) is 7.77. The first-order chi connectivity index (χ1) is 17.3. The van der Waals surface area contributed by atoms with Crippen LogP contribution in [0.25, 0.3) is 0 Å². The largest absolute Gasteiger partial charge is 0.493 e. The van der Waals surface area contributed by atoms with Gasteiger partial charge >= 0.3 is 0 Å². The predicted octanol–water partition coefficient (Wildman–Crippen LogP) is 6.24. The maximum atomic E-state index is 15.0. The van der Waals surface area contributed by atoms with Crippen LogP contribution >= 0.6 is 11.6 Å². The molecule has 3 aromatic carbocycles. The number of halogens is 3. The average molecular weight is 532 g/mol. The molecule has 10 heteroatoms. The Morgan fingerprint density at radius 1 is 1.08 bits per heavy atom. The molecule has 0 bridgehead atoms. The highest BCUT2D eigenvalue weighted by Crippen LogP contribution is 2.38. The first-order valence-corrected chi connectivity index (χ1v) is 13.0. The zero-order chi connectivity index (χ0) is 25.7. The minimum atomic E-state index is -4.33. The number of sulfonamides is 1. The summed E-state index contributed by atoms with van der Waals surface area (Å²) < 4.78 is 65.5. The Hall–Kier alpha value is -3.43. The fourth-order valence-corrected chi connectivity index (χ4v) is 5.61. The summed E-state index contributed by atoms with van der Waals surface area (Å²) in [5, 5.41) is 0.347. The molecule has 6 nitrogen and oxygen atoms in total. The summed E-state index contributed by atoms with van der Waals surface area (Å²) in [6.45, 7) is 2.66. The number of aromatic nitrogens is 2. The van der Waals surface area contributed by atoms with Gasteiger partial charge in [0.25, 0.3) is 10.0 Å². The van der Waals surface area contributed by atoms with Gasteiger partial charge in [0.05, 0.1) is 29.6 Å². The average Bonchev–Trinajstić information content (AvgIpc) is 3.38. The molecule has 0 saturated heterocycles. The molecule has 0 aliphatic rings. The van der Waals surface area contributed by atoms with Crippen LogP contribution < -0.4 is 9.04 Å². The van der Waals surface area contributed by atoms with Gasteiger partial charge in [-0.25, -0.2) is 22.2 Å². The Bertz CT molecular complexity index is 1410. The van der Waals surface area contributed by atoms with Gasteiger partial charge in [0.15, 0.2) is 0 Å². The Kier molecular flexibility index (Phi) is 7.91. The molecule has 4 rings (SSSR count). The monoisotopic (exact) mass is 531 g/mol. The summed E-state index contributed by atoms with van der Waals surface area (Å²) in [5.41, 5.74) is 0.0914. The highest BCUT2D eigenvalue weighted by atomic mass is 35.5. The van der Waals surface area contributed by atoms with Crippen molar-refractivity contribution in [1.82, 2.24) is 9.55 Å². The van der Waals surface area contributed by atoms with Gasteiger partial charge in [-0.15, -0.1) is 0 Å². The lowest BCUT2D eigenvalue weighted by molar-refractivity contribution is 0.297. The molecule has 0 fully saturated rings. The van der Waals surface area contributed by atoms with Crippen molar-refractivity contribution >= 4 is 27.3 Å². The summed E-state index contributed by atoms with van der Waals surface area (Å²) in [5.74, 6) is -1.19. The summed E-state index contributed by atoms with van der Waals surface area (Å²) in [4.78, 5) is 3.90. The first-order valence-electron chi connectivity index (χ1n) is 11.2. The standard InChI is InChI=1S/C26H24ClF2N3O3S/c1-19(23-5-2-3-6-26(23)35-16-4-14-31-15-13-30-18-31)32(25-17-21(28)9-12-24(25)29)36(33,34)22-10-7-20(27)8-11-22/h2-3,5-13,15,17-19H,4,14,16H2,1H3. The van der Waals surface area contributed by atoms with E-state index in [1.807, 2.05) is 10.8 Å². The Morgan fingerprint density at radius 3 is 2.56 bits per heavy atom.